The van der Waals surface area contributed by atoms with Crippen LogP contribution in [0.2, 0.25) is 25.7 Å². The van der Waals surface area contributed by atoms with Gasteiger partial charge in [-0.2, -0.15) is 0 Å². The van der Waals surface area contributed by atoms with E-state index in [9.17, 15) is 19.8 Å². The van der Waals surface area contributed by atoms with Gasteiger partial charge < -0.3 is 29.2 Å². The maximum Gasteiger partial charge on any atom is 0.338 e. The summed E-state index contributed by atoms with van der Waals surface area (Å²) in [7, 11) is -1.42. The van der Waals surface area contributed by atoms with Crippen molar-refractivity contribution in [2.24, 2.45) is 0 Å². The second kappa shape index (κ2) is 11.7. The molecule has 0 amide bonds. The van der Waals surface area contributed by atoms with Crippen LogP contribution < -0.4 is 0 Å². The maximum absolute atomic E-state index is 12.6. The van der Waals surface area contributed by atoms with Crippen LogP contribution in [-0.2, 0) is 18.9 Å². The Kier molecular flexibility index (Phi) is 8.98. The lowest BCUT2D eigenvalue weighted by atomic mass is 9.98. The molecule has 0 aromatic heterocycles. The van der Waals surface area contributed by atoms with Crippen molar-refractivity contribution in [3.63, 3.8) is 0 Å². The van der Waals surface area contributed by atoms with Crippen molar-refractivity contribution in [2.45, 2.75) is 56.4 Å². The Labute approximate surface area is 200 Å². The number of aliphatic hydroxyl groups is 2. The molecule has 1 saturated heterocycles. The second-order valence-electron chi connectivity index (χ2n) is 9.41. The average Bonchev–Trinajstić information content (AvgIpc) is 2.82. The van der Waals surface area contributed by atoms with E-state index >= 15 is 0 Å². The molecule has 8 nitrogen and oxygen atoms in total. The molecule has 0 bridgehead atoms. The Morgan fingerprint density at radius 2 is 1.44 bits per heavy atom. The highest BCUT2D eigenvalue weighted by Gasteiger charge is 2.48. The summed E-state index contributed by atoms with van der Waals surface area (Å²) in [5.74, 6) is -1.29. The first-order valence-electron chi connectivity index (χ1n) is 11.3. The Balaban J connectivity index is 1.71. The molecule has 1 fully saturated rings. The van der Waals surface area contributed by atoms with Gasteiger partial charge in [0.15, 0.2) is 12.4 Å². The van der Waals surface area contributed by atoms with E-state index in [0.29, 0.717) is 12.2 Å². The summed E-state index contributed by atoms with van der Waals surface area (Å²) >= 11 is 0. The van der Waals surface area contributed by atoms with Crippen molar-refractivity contribution in [3.8, 4) is 0 Å². The number of carbonyl (C=O) groups is 2. The fraction of sp³-hybridized carbons (Fsp3) is 0.440. The number of carbonyl (C=O) groups excluding carboxylic acids is 2. The summed E-state index contributed by atoms with van der Waals surface area (Å²) in [5, 5.41) is 21.7. The van der Waals surface area contributed by atoms with E-state index in [1.807, 2.05) is 0 Å². The van der Waals surface area contributed by atoms with Crippen LogP contribution in [0.1, 0.15) is 20.7 Å². The molecule has 2 aromatic rings. The molecule has 2 aromatic carbocycles. The zero-order valence-corrected chi connectivity index (χ0v) is 20.6. The van der Waals surface area contributed by atoms with Crippen molar-refractivity contribution in [1.82, 2.24) is 0 Å². The SMILES string of the molecule is C[Si](C)(C)CCO[C@@H]1OC(COC(=O)c2ccccc2)[C@H](O)C(OC(=O)c2ccccc2)C1O. The number of rotatable bonds is 9. The number of benzene rings is 2. The molecule has 1 heterocycles. The predicted octanol–water partition coefficient (Wildman–Crippen LogP) is 2.87. The van der Waals surface area contributed by atoms with Gasteiger partial charge in [-0.05, 0) is 30.3 Å². The van der Waals surface area contributed by atoms with Crippen molar-refractivity contribution >= 4 is 20.0 Å². The van der Waals surface area contributed by atoms with Gasteiger partial charge in [-0.1, -0.05) is 56.0 Å². The summed E-state index contributed by atoms with van der Waals surface area (Å²) in [5.41, 5.74) is 0.625. The zero-order valence-electron chi connectivity index (χ0n) is 19.6. The van der Waals surface area contributed by atoms with Gasteiger partial charge in [0, 0.05) is 14.7 Å². The first kappa shape index (κ1) is 26.0. The highest BCUT2D eigenvalue weighted by Crippen LogP contribution is 2.26. The first-order valence-corrected chi connectivity index (χ1v) is 15.0. The van der Waals surface area contributed by atoms with Crippen LogP contribution in [0.3, 0.4) is 0 Å². The molecule has 0 spiro atoms. The lowest BCUT2D eigenvalue weighted by molar-refractivity contribution is -0.299. The number of hydrogen-bond acceptors (Lipinski definition) is 8. The average molecular weight is 489 g/mol. The van der Waals surface area contributed by atoms with E-state index in [1.165, 1.54) is 0 Å². The summed E-state index contributed by atoms with van der Waals surface area (Å²) in [6.07, 6.45) is -6.43. The lowest BCUT2D eigenvalue weighted by Crippen LogP contribution is -2.60. The van der Waals surface area contributed by atoms with Crippen molar-refractivity contribution in [1.29, 1.82) is 0 Å². The first-order chi connectivity index (χ1) is 16.2. The highest BCUT2D eigenvalue weighted by molar-refractivity contribution is 6.76. The van der Waals surface area contributed by atoms with Crippen LogP contribution in [0.5, 0.6) is 0 Å². The topological polar surface area (TPSA) is 112 Å². The third kappa shape index (κ3) is 7.22. The molecule has 0 radical (unpaired) electrons. The molecule has 5 atom stereocenters. The van der Waals surface area contributed by atoms with E-state index < -0.39 is 50.7 Å². The molecule has 1 aliphatic rings. The molecule has 3 rings (SSSR count). The minimum absolute atomic E-state index is 0.275. The van der Waals surface area contributed by atoms with Crippen LogP contribution in [0.4, 0.5) is 0 Å². The van der Waals surface area contributed by atoms with E-state index in [1.54, 1.807) is 60.7 Å². The predicted molar refractivity (Wildman–Crippen MR) is 127 cm³/mol. The number of ether oxygens (including phenoxy) is 4. The zero-order chi connectivity index (χ0) is 24.7. The molecule has 1 aliphatic heterocycles. The molecular formula is C25H32O8Si. The van der Waals surface area contributed by atoms with E-state index in [0.717, 1.165) is 6.04 Å². The molecule has 0 saturated carbocycles. The van der Waals surface area contributed by atoms with Gasteiger partial charge in [0.25, 0.3) is 0 Å². The molecule has 9 heteroatoms. The fourth-order valence-electron chi connectivity index (χ4n) is 3.38. The summed E-state index contributed by atoms with van der Waals surface area (Å²) < 4.78 is 22.3. The van der Waals surface area contributed by atoms with Gasteiger partial charge in [0.2, 0.25) is 0 Å². The molecule has 0 aliphatic carbocycles. The van der Waals surface area contributed by atoms with Crippen molar-refractivity contribution in [3.05, 3.63) is 71.8 Å². The molecule has 34 heavy (non-hydrogen) atoms. The van der Waals surface area contributed by atoms with Gasteiger partial charge >= 0.3 is 11.9 Å². The van der Waals surface area contributed by atoms with Crippen molar-refractivity contribution < 1.29 is 38.7 Å². The lowest BCUT2D eigenvalue weighted by Gasteiger charge is -2.41. The van der Waals surface area contributed by atoms with Crippen LogP contribution >= 0.6 is 0 Å². The van der Waals surface area contributed by atoms with Crippen LogP contribution in [0.15, 0.2) is 60.7 Å². The number of hydrogen-bond donors (Lipinski definition) is 2. The third-order valence-electron chi connectivity index (χ3n) is 5.42. The second-order valence-corrected chi connectivity index (χ2v) is 15.0. The van der Waals surface area contributed by atoms with E-state index in [2.05, 4.69) is 19.6 Å². The van der Waals surface area contributed by atoms with Crippen molar-refractivity contribution in [2.75, 3.05) is 13.2 Å². The largest absolute Gasteiger partial charge is 0.459 e. The normalized spacial score (nSPS) is 24.9. The van der Waals surface area contributed by atoms with E-state index in [-0.39, 0.29) is 12.2 Å². The van der Waals surface area contributed by atoms with Gasteiger partial charge in [-0.3, -0.25) is 0 Å². The molecule has 3 unspecified atom stereocenters. The molecular weight excluding hydrogens is 456 g/mol. The minimum atomic E-state index is -1.44. The maximum atomic E-state index is 12.6. The summed E-state index contributed by atoms with van der Waals surface area (Å²) in [4.78, 5) is 25.0. The Bertz CT molecular complexity index is 931. The van der Waals surface area contributed by atoms with E-state index in [4.69, 9.17) is 18.9 Å². The van der Waals surface area contributed by atoms with Crippen LogP contribution in [0.25, 0.3) is 0 Å². The van der Waals surface area contributed by atoms with Gasteiger partial charge in [-0.25, -0.2) is 9.59 Å². The summed E-state index contributed by atoms with van der Waals surface area (Å²) in [6.45, 7) is 6.59. The third-order valence-corrected chi connectivity index (χ3v) is 7.12. The van der Waals surface area contributed by atoms with Gasteiger partial charge in [0.1, 0.15) is 24.9 Å². The van der Waals surface area contributed by atoms with Gasteiger partial charge in [0.05, 0.1) is 11.1 Å². The minimum Gasteiger partial charge on any atom is -0.459 e. The Morgan fingerprint density at radius 3 is 2.00 bits per heavy atom. The summed E-state index contributed by atoms with van der Waals surface area (Å²) in [6, 6.07) is 17.5. The van der Waals surface area contributed by atoms with Crippen LogP contribution in [0, 0.1) is 0 Å². The standard InChI is InChI=1S/C25H32O8Si/c1-34(2,3)15-14-30-25-21(27)22(33-24(29)18-12-8-5-9-13-18)20(26)19(32-25)16-31-23(28)17-10-6-4-7-11-17/h4-13,19-22,25-27H,14-16H2,1-3H3/t19?,20-,21?,22?,25+/m0/s1. The monoisotopic (exact) mass is 488 g/mol. The highest BCUT2D eigenvalue weighted by atomic mass is 28.3. The number of esters is 2. The number of aliphatic hydroxyl groups excluding tert-OH is 2. The Morgan fingerprint density at radius 1 is 0.882 bits per heavy atom. The molecule has 184 valence electrons. The smallest absolute Gasteiger partial charge is 0.338 e. The van der Waals surface area contributed by atoms with Crippen LogP contribution in [-0.4, -0.2) is 74.1 Å². The quantitative estimate of drug-likeness (QED) is 0.409. The molecule has 2 N–H and O–H groups in total. The Hall–Kier alpha value is -2.56. The fourth-order valence-corrected chi connectivity index (χ4v) is 4.11. The van der Waals surface area contributed by atoms with Gasteiger partial charge in [-0.15, -0.1) is 0 Å².